The summed E-state index contributed by atoms with van der Waals surface area (Å²) in [5, 5.41) is 10.5. The van der Waals surface area contributed by atoms with Gasteiger partial charge in [-0.25, -0.2) is 0 Å². The van der Waals surface area contributed by atoms with Crippen molar-refractivity contribution in [1.82, 2.24) is 0 Å². The van der Waals surface area contributed by atoms with E-state index in [1.54, 1.807) is 0 Å². The van der Waals surface area contributed by atoms with E-state index < -0.39 is 16.1 Å². The van der Waals surface area contributed by atoms with Crippen LogP contribution >= 0.6 is 34.8 Å². The van der Waals surface area contributed by atoms with E-state index in [1.165, 1.54) is 6.42 Å². The molecule has 1 aliphatic rings. The van der Waals surface area contributed by atoms with Crippen molar-refractivity contribution < 1.29 is 44.2 Å². The Labute approximate surface area is 145 Å². The number of hydrogen-bond acceptors (Lipinski definition) is 3. The first-order valence-corrected chi connectivity index (χ1v) is 6.96. The second-order valence-corrected chi connectivity index (χ2v) is 6.97. The van der Waals surface area contributed by atoms with Gasteiger partial charge in [0.2, 0.25) is 0 Å². The van der Waals surface area contributed by atoms with Crippen LogP contribution in [0, 0.1) is 5.92 Å². The van der Waals surface area contributed by atoms with Crippen molar-refractivity contribution in [3.8, 4) is 0 Å². The van der Waals surface area contributed by atoms with Crippen LogP contribution in [0.25, 0.3) is 0 Å². The number of alkyl halides is 3. The van der Waals surface area contributed by atoms with Crippen molar-refractivity contribution >= 4 is 41.0 Å². The molecule has 1 saturated carbocycles. The Balaban J connectivity index is 0.00000289. The van der Waals surface area contributed by atoms with Crippen LogP contribution in [0.15, 0.2) is 0 Å². The van der Waals surface area contributed by atoms with Crippen LogP contribution in [0.2, 0.25) is 0 Å². The summed E-state index contributed by atoms with van der Waals surface area (Å²) in [5.74, 6) is 0.231. The Hall–Kier alpha value is 1.14. The minimum atomic E-state index is -1.50. The molecule has 3 nitrogen and oxygen atoms in total. The van der Waals surface area contributed by atoms with E-state index in [1.807, 2.05) is 0 Å². The quantitative estimate of drug-likeness (QED) is 0.428. The smallest absolute Gasteiger partial charge is 0.546 e. The maximum absolute atomic E-state index is 10.5. The Morgan fingerprint density at radius 1 is 1.28 bits per heavy atom. The monoisotopic (exact) mass is 324 g/mol. The van der Waals surface area contributed by atoms with E-state index in [0.29, 0.717) is 6.42 Å². The van der Waals surface area contributed by atoms with Gasteiger partial charge in [0.25, 0.3) is 6.16 Å². The molecule has 0 spiro atoms. The van der Waals surface area contributed by atoms with Gasteiger partial charge in [-0.2, -0.15) is 0 Å². The summed E-state index contributed by atoms with van der Waals surface area (Å²) in [6.45, 7) is 0. The van der Waals surface area contributed by atoms with Crippen LogP contribution < -0.4 is 34.7 Å². The first-order valence-electron chi connectivity index (χ1n) is 5.83. The van der Waals surface area contributed by atoms with E-state index in [9.17, 15) is 9.90 Å². The average Bonchev–Trinajstić information content (AvgIpc) is 2.24. The largest absolute Gasteiger partial charge is 1.00 e. The van der Waals surface area contributed by atoms with Gasteiger partial charge in [0.05, 0.1) is 0 Å². The maximum Gasteiger partial charge on any atom is 1.00 e. The van der Waals surface area contributed by atoms with E-state index in [0.717, 1.165) is 25.7 Å². The predicted molar refractivity (Wildman–Crippen MR) is 66.4 cm³/mol. The van der Waals surface area contributed by atoms with E-state index >= 15 is 0 Å². The molecule has 1 aliphatic carbocycles. The van der Waals surface area contributed by atoms with Crippen molar-refractivity contribution in [2.45, 2.75) is 54.8 Å². The molecule has 1 fully saturated rings. The Morgan fingerprint density at radius 3 is 2.28 bits per heavy atom. The summed E-state index contributed by atoms with van der Waals surface area (Å²) in [6.07, 6.45) is 4.15. The summed E-state index contributed by atoms with van der Waals surface area (Å²) in [7, 11) is 0. The molecule has 0 bridgehead atoms. The molecule has 0 N–H and O–H groups in total. The van der Waals surface area contributed by atoms with Crippen molar-refractivity contribution in [3.63, 3.8) is 0 Å². The number of halogens is 3. The fourth-order valence-corrected chi connectivity index (χ4v) is 2.65. The van der Waals surface area contributed by atoms with Crippen molar-refractivity contribution in [3.05, 3.63) is 0 Å². The molecule has 0 aromatic carbocycles. The molecule has 0 radical (unpaired) electrons. The Kier molecular flexibility index (Phi) is 9.72. The van der Waals surface area contributed by atoms with E-state index in [4.69, 9.17) is 39.5 Å². The molecular formula is C11H16Cl3NaO3. The zero-order valence-electron chi connectivity index (χ0n) is 10.5. The number of ether oxygens (including phenoxy) is 1. The molecule has 1 unspecified atom stereocenters. The Morgan fingerprint density at radius 2 is 1.83 bits per heavy atom. The third-order valence-electron chi connectivity index (χ3n) is 3.14. The van der Waals surface area contributed by atoms with Crippen LogP contribution in [-0.4, -0.2) is 16.1 Å². The number of carbonyl (C=O) groups is 1. The number of carbonyl (C=O) groups excluding carboxylic acids is 1. The van der Waals surface area contributed by atoms with Crippen LogP contribution in [0.5, 0.6) is 0 Å². The summed E-state index contributed by atoms with van der Waals surface area (Å²) in [6, 6.07) is 0. The summed E-state index contributed by atoms with van der Waals surface area (Å²) in [4.78, 5) is 10.5. The minimum absolute atomic E-state index is 0. The topological polar surface area (TPSA) is 49.4 Å². The molecule has 18 heavy (non-hydrogen) atoms. The summed E-state index contributed by atoms with van der Waals surface area (Å²) in [5.41, 5.74) is 0. The molecule has 0 heterocycles. The molecule has 100 valence electrons. The second-order valence-electron chi connectivity index (χ2n) is 4.46. The maximum atomic E-state index is 10.5. The average molecular weight is 326 g/mol. The van der Waals surface area contributed by atoms with Gasteiger partial charge in [0.1, 0.15) is 0 Å². The van der Waals surface area contributed by atoms with Gasteiger partial charge >= 0.3 is 29.6 Å². The molecule has 0 aromatic rings. The van der Waals surface area contributed by atoms with Gasteiger partial charge in [0.15, 0.2) is 3.79 Å². The van der Waals surface area contributed by atoms with Gasteiger partial charge in [-0.1, -0.05) is 54.1 Å². The molecule has 0 amide bonds. The molecule has 0 aliphatic heterocycles. The van der Waals surface area contributed by atoms with Crippen molar-refractivity contribution in [2.75, 3.05) is 0 Å². The van der Waals surface area contributed by atoms with E-state index in [2.05, 4.69) is 0 Å². The fourth-order valence-electron chi connectivity index (χ4n) is 2.33. The number of hydrogen-bond donors (Lipinski definition) is 0. The summed E-state index contributed by atoms with van der Waals surface area (Å²) < 4.78 is 3.46. The van der Waals surface area contributed by atoms with Crippen LogP contribution in [0.1, 0.15) is 44.9 Å². The molecule has 7 heteroatoms. The van der Waals surface area contributed by atoms with Crippen molar-refractivity contribution in [1.29, 1.82) is 0 Å². The molecular weight excluding hydrogens is 309 g/mol. The molecule has 0 aromatic heterocycles. The summed E-state index contributed by atoms with van der Waals surface area (Å²) >= 11 is 17.0. The molecule has 1 rings (SSSR count). The van der Waals surface area contributed by atoms with Gasteiger partial charge < -0.3 is 14.6 Å². The zero-order valence-corrected chi connectivity index (χ0v) is 14.7. The van der Waals surface area contributed by atoms with Crippen molar-refractivity contribution in [2.24, 2.45) is 5.92 Å². The van der Waals surface area contributed by atoms with Crippen LogP contribution in [0.4, 0.5) is 4.79 Å². The third kappa shape index (κ3) is 8.34. The van der Waals surface area contributed by atoms with Gasteiger partial charge in [-0.3, -0.25) is 0 Å². The molecule has 0 saturated heterocycles. The van der Waals surface area contributed by atoms with Gasteiger partial charge in [-0.05, 0) is 31.6 Å². The first-order chi connectivity index (χ1) is 7.88. The second kappa shape index (κ2) is 9.15. The normalized spacial score (nSPS) is 18.8. The number of rotatable bonds is 4. The van der Waals surface area contributed by atoms with E-state index in [-0.39, 0.29) is 41.9 Å². The number of carboxylic acid groups (broad SMARTS) is 1. The molecule has 1 atom stereocenters. The first kappa shape index (κ1) is 19.1. The minimum Gasteiger partial charge on any atom is -0.546 e. The Bertz CT molecular complexity index is 252. The SMILES string of the molecule is O=C([O-])OC(CCC(Cl)(Cl)Cl)C1CCCCC1.[Na+]. The zero-order chi connectivity index (χ0) is 12.9. The predicted octanol–water partition coefficient (Wildman–Crippen LogP) is 0.450. The third-order valence-corrected chi connectivity index (χ3v) is 3.70. The van der Waals surface area contributed by atoms with Gasteiger partial charge in [0, 0.05) is 6.10 Å². The van der Waals surface area contributed by atoms with Gasteiger partial charge in [-0.15, -0.1) is 0 Å². The van der Waals surface area contributed by atoms with Crippen LogP contribution in [-0.2, 0) is 4.74 Å². The van der Waals surface area contributed by atoms with Crippen LogP contribution in [0.3, 0.4) is 0 Å². The fraction of sp³-hybridized carbons (Fsp3) is 0.909. The standard InChI is InChI=1S/C11H17Cl3O3.Na/c12-11(13,14)7-6-9(17-10(15)16)8-4-2-1-3-5-8;/h8-9H,1-7H2,(H,15,16);/q;+1/p-1.